The molecule has 3 aromatic rings. The molecule has 1 amide bonds. The Balaban J connectivity index is 1.61. The van der Waals surface area contributed by atoms with Gasteiger partial charge in [-0.25, -0.2) is 4.98 Å². The number of morpholine rings is 1. The van der Waals surface area contributed by atoms with E-state index in [1.165, 1.54) is 0 Å². The summed E-state index contributed by atoms with van der Waals surface area (Å²) < 4.78 is 11.1. The van der Waals surface area contributed by atoms with E-state index in [1.807, 2.05) is 42.3 Å². The summed E-state index contributed by atoms with van der Waals surface area (Å²) in [5, 5.41) is 3.60. The van der Waals surface area contributed by atoms with Crippen molar-refractivity contribution in [1.82, 2.24) is 20.3 Å². The molecule has 178 valence electrons. The van der Waals surface area contributed by atoms with Crippen LogP contribution >= 0.6 is 0 Å². The predicted octanol–water partition coefficient (Wildman–Crippen LogP) is 2.50. The van der Waals surface area contributed by atoms with Gasteiger partial charge in [-0.2, -0.15) is 9.97 Å². The van der Waals surface area contributed by atoms with E-state index < -0.39 is 0 Å². The van der Waals surface area contributed by atoms with Crippen molar-refractivity contribution in [2.75, 3.05) is 57.4 Å². The normalized spacial score (nSPS) is 19.4. The molecule has 2 aliphatic rings. The molecule has 2 aliphatic heterocycles. The fourth-order valence-electron chi connectivity index (χ4n) is 4.78. The summed E-state index contributed by atoms with van der Waals surface area (Å²) in [6, 6.07) is 12.1. The number of carbonyl (C=O) groups is 1. The number of hydrogen-bond donors (Lipinski definition) is 1. The molecule has 2 bridgehead atoms. The molecule has 0 saturated carbocycles. The van der Waals surface area contributed by atoms with Gasteiger partial charge in [-0.15, -0.1) is 0 Å². The maximum Gasteiger partial charge on any atom is 0.251 e. The SMILES string of the molecule is CNC(=O)c1cccc(-c2ccc3c(N4C5CCC4COC5)nc(N(C)CCOC)nc3n2)c1. The van der Waals surface area contributed by atoms with Crippen molar-refractivity contribution in [3.63, 3.8) is 0 Å². The Kier molecular flexibility index (Phi) is 6.30. The van der Waals surface area contributed by atoms with Crippen molar-refractivity contribution >= 4 is 28.7 Å². The highest BCUT2D eigenvalue weighted by atomic mass is 16.5. The summed E-state index contributed by atoms with van der Waals surface area (Å²) in [4.78, 5) is 31.3. The van der Waals surface area contributed by atoms with E-state index in [9.17, 15) is 4.79 Å². The molecule has 0 radical (unpaired) electrons. The average Bonchev–Trinajstić information content (AvgIpc) is 3.12. The topological polar surface area (TPSA) is 92.7 Å². The van der Waals surface area contributed by atoms with E-state index in [2.05, 4.69) is 10.2 Å². The number of fused-ring (bicyclic) bond motifs is 3. The van der Waals surface area contributed by atoms with Crippen molar-refractivity contribution in [2.24, 2.45) is 0 Å². The highest BCUT2D eigenvalue weighted by Crippen LogP contribution is 2.37. The Hall–Kier alpha value is -3.30. The molecule has 5 rings (SSSR count). The number of methoxy groups -OCH3 is 1. The first-order valence-electron chi connectivity index (χ1n) is 11.7. The molecule has 0 spiro atoms. The van der Waals surface area contributed by atoms with Crippen LogP contribution in [0.3, 0.4) is 0 Å². The summed E-state index contributed by atoms with van der Waals surface area (Å²) >= 11 is 0. The van der Waals surface area contributed by atoms with E-state index in [-0.39, 0.29) is 5.91 Å². The summed E-state index contributed by atoms with van der Waals surface area (Å²) in [5.41, 5.74) is 2.86. The van der Waals surface area contributed by atoms with Crippen molar-refractivity contribution in [2.45, 2.75) is 24.9 Å². The number of pyridine rings is 1. The van der Waals surface area contributed by atoms with Gasteiger partial charge in [-0.05, 0) is 37.1 Å². The van der Waals surface area contributed by atoms with Gasteiger partial charge < -0.3 is 24.6 Å². The number of aromatic nitrogens is 3. The maximum atomic E-state index is 12.1. The van der Waals surface area contributed by atoms with Crippen LogP contribution in [0.15, 0.2) is 36.4 Å². The standard InChI is InChI=1S/C25H30N6O3/c1-26-24(32)17-6-4-5-16(13-17)21-10-9-20-22(27-21)28-25(30(2)11-12-33-3)29-23(20)31-18-7-8-19(31)15-34-14-18/h4-6,9-10,13,18-19H,7-8,11-12,14-15H2,1-3H3,(H,26,32). The molecular weight excluding hydrogens is 432 g/mol. The molecule has 34 heavy (non-hydrogen) atoms. The third kappa shape index (κ3) is 4.17. The molecule has 1 aromatic carbocycles. The van der Waals surface area contributed by atoms with Crippen LogP contribution in [0, 0.1) is 0 Å². The van der Waals surface area contributed by atoms with E-state index >= 15 is 0 Å². The summed E-state index contributed by atoms with van der Waals surface area (Å²) in [6.45, 7) is 2.68. The third-order valence-electron chi connectivity index (χ3n) is 6.63. The molecule has 2 aromatic heterocycles. The molecule has 1 N–H and O–H groups in total. The number of amides is 1. The minimum Gasteiger partial charge on any atom is -0.383 e. The van der Waals surface area contributed by atoms with Crippen molar-refractivity contribution < 1.29 is 14.3 Å². The second-order valence-corrected chi connectivity index (χ2v) is 8.82. The van der Waals surface area contributed by atoms with Gasteiger partial charge in [0, 0.05) is 38.9 Å². The molecule has 9 heteroatoms. The Labute approximate surface area is 199 Å². The summed E-state index contributed by atoms with van der Waals surface area (Å²) in [5.74, 6) is 1.41. The van der Waals surface area contributed by atoms with Crippen LogP contribution in [0.25, 0.3) is 22.3 Å². The third-order valence-corrected chi connectivity index (χ3v) is 6.63. The highest BCUT2D eigenvalue weighted by Gasteiger charge is 2.39. The molecule has 4 heterocycles. The zero-order chi connectivity index (χ0) is 23.7. The van der Waals surface area contributed by atoms with Crippen LogP contribution in [-0.2, 0) is 9.47 Å². The van der Waals surface area contributed by atoms with Gasteiger partial charge >= 0.3 is 0 Å². The number of benzene rings is 1. The first-order valence-corrected chi connectivity index (χ1v) is 11.7. The molecule has 0 aliphatic carbocycles. The lowest BCUT2D eigenvalue weighted by atomic mass is 10.1. The van der Waals surface area contributed by atoms with Gasteiger partial charge in [0.2, 0.25) is 5.95 Å². The van der Waals surface area contributed by atoms with E-state index in [1.54, 1.807) is 20.2 Å². The molecular formula is C25H30N6O3. The number of likely N-dealkylation sites (N-methyl/N-ethyl adjacent to an activating group) is 1. The average molecular weight is 463 g/mol. The maximum absolute atomic E-state index is 12.1. The van der Waals surface area contributed by atoms with Crippen LogP contribution in [0.4, 0.5) is 11.8 Å². The molecule has 2 fully saturated rings. The second-order valence-electron chi connectivity index (χ2n) is 8.82. The van der Waals surface area contributed by atoms with Crippen molar-refractivity contribution in [1.29, 1.82) is 0 Å². The van der Waals surface area contributed by atoms with Crippen LogP contribution in [0.1, 0.15) is 23.2 Å². The number of nitrogens with zero attached hydrogens (tertiary/aromatic N) is 5. The fraction of sp³-hybridized carbons (Fsp3) is 0.440. The number of nitrogens with one attached hydrogen (secondary N) is 1. The second kappa shape index (κ2) is 9.52. The van der Waals surface area contributed by atoms with Crippen molar-refractivity contribution in [3.05, 3.63) is 42.0 Å². The monoisotopic (exact) mass is 462 g/mol. The zero-order valence-electron chi connectivity index (χ0n) is 19.8. The largest absolute Gasteiger partial charge is 0.383 e. The van der Waals surface area contributed by atoms with E-state index in [0.717, 1.165) is 35.3 Å². The Morgan fingerprint density at radius 3 is 2.71 bits per heavy atom. The minimum absolute atomic E-state index is 0.128. The van der Waals surface area contributed by atoms with E-state index in [4.69, 9.17) is 24.4 Å². The van der Waals surface area contributed by atoms with Gasteiger partial charge in [0.05, 0.1) is 43.0 Å². The predicted molar refractivity (Wildman–Crippen MR) is 131 cm³/mol. The summed E-state index contributed by atoms with van der Waals surface area (Å²) in [7, 11) is 5.28. The molecule has 2 unspecified atom stereocenters. The van der Waals surface area contributed by atoms with Gasteiger partial charge in [0.15, 0.2) is 5.65 Å². The molecule has 2 atom stereocenters. The minimum atomic E-state index is -0.128. The Morgan fingerprint density at radius 1 is 1.18 bits per heavy atom. The smallest absolute Gasteiger partial charge is 0.251 e. The number of carbonyl (C=O) groups excluding carboxylic acids is 1. The lowest BCUT2D eigenvalue weighted by Crippen LogP contribution is -2.46. The number of hydrogen-bond acceptors (Lipinski definition) is 8. The zero-order valence-corrected chi connectivity index (χ0v) is 19.8. The lowest BCUT2D eigenvalue weighted by molar-refractivity contribution is 0.0904. The van der Waals surface area contributed by atoms with Crippen LogP contribution in [-0.4, -0.2) is 80.5 Å². The van der Waals surface area contributed by atoms with Gasteiger partial charge in [-0.1, -0.05) is 12.1 Å². The Bertz CT molecular complexity index is 1190. The molecule has 9 nitrogen and oxygen atoms in total. The first kappa shape index (κ1) is 22.5. The van der Waals surface area contributed by atoms with Gasteiger partial charge in [0.1, 0.15) is 5.82 Å². The van der Waals surface area contributed by atoms with Crippen LogP contribution in [0.5, 0.6) is 0 Å². The molecule has 2 saturated heterocycles. The van der Waals surface area contributed by atoms with Gasteiger partial charge in [-0.3, -0.25) is 4.79 Å². The first-order chi connectivity index (χ1) is 16.6. The number of ether oxygens (including phenoxy) is 2. The summed E-state index contributed by atoms with van der Waals surface area (Å²) in [6.07, 6.45) is 2.20. The van der Waals surface area contributed by atoms with E-state index in [0.29, 0.717) is 55.6 Å². The Morgan fingerprint density at radius 2 is 1.97 bits per heavy atom. The van der Waals surface area contributed by atoms with Crippen molar-refractivity contribution in [3.8, 4) is 11.3 Å². The van der Waals surface area contributed by atoms with Gasteiger partial charge in [0.25, 0.3) is 5.91 Å². The number of anilines is 2. The van der Waals surface area contributed by atoms with Crippen LogP contribution < -0.4 is 15.1 Å². The lowest BCUT2D eigenvalue weighted by Gasteiger charge is -2.36. The highest BCUT2D eigenvalue weighted by molar-refractivity contribution is 5.95. The van der Waals surface area contributed by atoms with Crippen LogP contribution in [0.2, 0.25) is 0 Å². The quantitative estimate of drug-likeness (QED) is 0.573. The fourth-order valence-corrected chi connectivity index (χ4v) is 4.78. The number of rotatable bonds is 7.